The first-order valence-electron chi connectivity index (χ1n) is 4.97. The molecule has 2 atom stereocenters. The van der Waals surface area contributed by atoms with Gasteiger partial charge in [0.25, 0.3) is 0 Å². The molecule has 5 nitrogen and oxygen atoms in total. The summed E-state index contributed by atoms with van der Waals surface area (Å²) in [5.41, 5.74) is 0.752. The zero-order valence-corrected chi connectivity index (χ0v) is 8.84. The maximum absolute atomic E-state index is 11.1. The molecule has 1 heterocycles. The van der Waals surface area contributed by atoms with E-state index in [1.54, 1.807) is 13.2 Å². The predicted octanol–water partition coefficient (Wildman–Crippen LogP) is 0.837. The molecule has 16 heavy (non-hydrogen) atoms. The van der Waals surface area contributed by atoms with Gasteiger partial charge in [0, 0.05) is 5.56 Å². The molecule has 5 heteroatoms. The Bertz CT molecular complexity index is 393. The predicted molar refractivity (Wildman–Crippen MR) is 56.2 cm³/mol. The Labute approximate surface area is 93.0 Å². The minimum atomic E-state index is -0.519. The highest BCUT2D eigenvalue weighted by Crippen LogP contribution is 2.32. The fourth-order valence-electron chi connectivity index (χ4n) is 1.78. The van der Waals surface area contributed by atoms with Gasteiger partial charge >= 0.3 is 6.09 Å². The molecule has 1 aliphatic heterocycles. The molecular weight excluding hydrogens is 210 g/mol. The SMILES string of the molecule is COc1ccccc1C1OC(=O)NC1CO. The normalized spacial score (nSPS) is 23.8. The van der Waals surface area contributed by atoms with Crippen LogP contribution in [0, 0.1) is 0 Å². The highest BCUT2D eigenvalue weighted by atomic mass is 16.6. The molecule has 0 aliphatic carbocycles. The van der Waals surface area contributed by atoms with Crippen LogP contribution in [0.15, 0.2) is 24.3 Å². The van der Waals surface area contributed by atoms with Gasteiger partial charge in [-0.25, -0.2) is 4.79 Å². The van der Waals surface area contributed by atoms with Crippen molar-refractivity contribution in [1.29, 1.82) is 0 Å². The minimum absolute atomic E-state index is 0.172. The van der Waals surface area contributed by atoms with E-state index in [1.165, 1.54) is 0 Å². The molecule has 0 aromatic heterocycles. The number of carbonyl (C=O) groups is 1. The number of cyclic esters (lactones) is 1. The van der Waals surface area contributed by atoms with Crippen molar-refractivity contribution in [2.45, 2.75) is 12.1 Å². The maximum Gasteiger partial charge on any atom is 0.408 e. The molecule has 2 unspecified atom stereocenters. The van der Waals surface area contributed by atoms with E-state index in [1.807, 2.05) is 18.2 Å². The van der Waals surface area contributed by atoms with E-state index >= 15 is 0 Å². The van der Waals surface area contributed by atoms with E-state index in [4.69, 9.17) is 14.6 Å². The van der Waals surface area contributed by atoms with E-state index in [0.29, 0.717) is 5.75 Å². The van der Waals surface area contributed by atoms with Gasteiger partial charge in [-0.05, 0) is 6.07 Å². The summed E-state index contributed by atoms with van der Waals surface area (Å²) in [7, 11) is 1.55. The molecule has 1 fully saturated rings. The summed E-state index contributed by atoms with van der Waals surface area (Å²) in [4.78, 5) is 11.1. The van der Waals surface area contributed by atoms with E-state index < -0.39 is 18.2 Å². The number of aliphatic hydroxyl groups is 1. The maximum atomic E-state index is 11.1. The lowest BCUT2D eigenvalue weighted by Crippen LogP contribution is -2.31. The fourth-order valence-corrected chi connectivity index (χ4v) is 1.78. The van der Waals surface area contributed by atoms with Crippen molar-refractivity contribution in [3.8, 4) is 5.75 Å². The van der Waals surface area contributed by atoms with Crippen LogP contribution in [-0.4, -0.2) is 31.0 Å². The summed E-state index contributed by atoms with van der Waals surface area (Å²) in [6.07, 6.45) is -1.02. The van der Waals surface area contributed by atoms with E-state index in [9.17, 15) is 4.79 Å². The molecule has 0 saturated carbocycles. The van der Waals surface area contributed by atoms with Gasteiger partial charge in [0.2, 0.25) is 0 Å². The molecular formula is C11H13NO4. The van der Waals surface area contributed by atoms with Gasteiger partial charge in [-0.3, -0.25) is 0 Å². The molecule has 2 rings (SSSR count). The van der Waals surface area contributed by atoms with Crippen LogP contribution in [-0.2, 0) is 4.74 Å². The first-order chi connectivity index (χ1) is 7.76. The third kappa shape index (κ3) is 1.81. The highest BCUT2D eigenvalue weighted by molar-refractivity contribution is 5.71. The summed E-state index contributed by atoms with van der Waals surface area (Å²) < 4.78 is 10.3. The molecule has 0 bridgehead atoms. The van der Waals surface area contributed by atoms with Crippen molar-refractivity contribution in [3.05, 3.63) is 29.8 Å². The number of benzene rings is 1. The first-order valence-corrected chi connectivity index (χ1v) is 4.97. The number of nitrogens with one attached hydrogen (secondary N) is 1. The van der Waals surface area contributed by atoms with Crippen molar-refractivity contribution >= 4 is 6.09 Å². The van der Waals surface area contributed by atoms with Crippen LogP contribution in [0.1, 0.15) is 11.7 Å². The summed E-state index contributed by atoms with van der Waals surface area (Å²) in [6.45, 7) is -0.172. The Balaban J connectivity index is 2.32. The number of ether oxygens (including phenoxy) is 2. The number of amides is 1. The van der Waals surface area contributed by atoms with Crippen LogP contribution in [0.3, 0.4) is 0 Å². The molecule has 86 valence electrons. The lowest BCUT2D eigenvalue weighted by Gasteiger charge is -2.17. The van der Waals surface area contributed by atoms with Crippen LogP contribution in [0.5, 0.6) is 5.75 Å². The smallest absolute Gasteiger partial charge is 0.408 e. The van der Waals surface area contributed by atoms with Gasteiger partial charge in [0.15, 0.2) is 6.10 Å². The number of carbonyl (C=O) groups excluding carboxylic acids is 1. The molecule has 1 aromatic rings. The molecule has 0 radical (unpaired) electrons. The number of rotatable bonds is 3. The molecule has 1 amide bonds. The van der Waals surface area contributed by atoms with E-state index in [0.717, 1.165) is 5.56 Å². The molecule has 2 N–H and O–H groups in total. The Morgan fingerprint density at radius 3 is 2.94 bits per heavy atom. The third-order valence-corrected chi connectivity index (χ3v) is 2.54. The number of hydrogen-bond donors (Lipinski definition) is 2. The zero-order chi connectivity index (χ0) is 11.5. The summed E-state index contributed by atoms with van der Waals surface area (Å²) in [6, 6.07) is 6.84. The molecule has 1 aliphatic rings. The summed E-state index contributed by atoms with van der Waals surface area (Å²) >= 11 is 0. The first kappa shape index (κ1) is 10.8. The van der Waals surface area contributed by atoms with Gasteiger partial charge in [0.1, 0.15) is 5.75 Å². The van der Waals surface area contributed by atoms with Crippen LogP contribution in [0.2, 0.25) is 0 Å². The standard InChI is InChI=1S/C11H13NO4/c1-15-9-5-3-2-4-7(9)10-8(6-13)12-11(14)16-10/h2-5,8,10,13H,6H2,1H3,(H,12,14). The Hall–Kier alpha value is -1.75. The van der Waals surface area contributed by atoms with Crippen molar-refractivity contribution in [3.63, 3.8) is 0 Å². The largest absolute Gasteiger partial charge is 0.496 e. The summed E-state index contributed by atoms with van der Waals surface area (Å²) in [5.74, 6) is 0.641. The third-order valence-electron chi connectivity index (χ3n) is 2.54. The molecule has 1 aromatic carbocycles. The number of para-hydroxylation sites is 1. The second kappa shape index (κ2) is 4.40. The van der Waals surface area contributed by atoms with Gasteiger partial charge in [0.05, 0.1) is 19.8 Å². The Morgan fingerprint density at radius 2 is 2.25 bits per heavy atom. The second-order valence-electron chi connectivity index (χ2n) is 3.50. The summed E-state index contributed by atoms with van der Waals surface area (Å²) in [5, 5.41) is 11.7. The monoisotopic (exact) mass is 223 g/mol. The topological polar surface area (TPSA) is 67.8 Å². The lowest BCUT2D eigenvalue weighted by molar-refractivity contribution is 0.117. The van der Waals surface area contributed by atoms with Gasteiger partial charge in [-0.15, -0.1) is 0 Å². The van der Waals surface area contributed by atoms with Crippen LogP contribution in [0.4, 0.5) is 4.79 Å². The Morgan fingerprint density at radius 1 is 1.50 bits per heavy atom. The molecule has 1 saturated heterocycles. The van der Waals surface area contributed by atoms with E-state index in [-0.39, 0.29) is 6.61 Å². The molecule has 0 spiro atoms. The zero-order valence-electron chi connectivity index (χ0n) is 8.84. The number of alkyl carbamates (subject to hydrolysis) is 1. The van der Waals surface area contributed by atoms with Gasteiger partial charge in [-0.1, -0.05) is 18.2 Å². The lowest BCUT2D eigenvalue weighted by atomic mass is 10.0. The van der Waals surface area contributed by atoms with Gasteiger partial charge in [-0.2, -0.15) is 0 Å². The minimum Gasteiger partial charge on any atom is -0.496 e. The number of hydrogen-bond acceptors (Lipinski definition) is 4. The van der Waals surface area contributed by atoms with Crippen molar-refractivity contribution in [1.82, 2.24) is 5.32 Å². The van der Waals surface area contributed by atoms with Crippen LogP contribution < -0.4 is 10.1 Å². The quantitative estimate of drug-likeness (QED) is 0.796. The van der Waals surface area contributed by atoms with Crippen molar-refractivity contribution in [2.24, 2.45) is 0 Å². The van der Waals surface area contributed by atoms with Crippen molar-refractivity contribution < 1.29 is 19.4 Å². The fraction of sp³-hybridized carbons (Fsp3) is 0.364. The number of aliphatic hydroxyl groups excluding tert-OH is 1. The van der Waals surface area contributed by atoms with Crippen LogP contribution in [0.25, 0.3) is 0 Å². The van der Waals surface area contributed by atoms with E-state index in [2.05, 4.69) is 5.32 Å². The van der Waals surface area contributed by atoms with Crippen LogP contribution >= 0.6 is 0 Å². The highest BCUT2D eigenvalue weighted by Gasteiger charge is 2.36. The number of methoxy groups -OCH3 is 1. The van der Waals surface area contributed by atoms with Crippen molar-refractivity contribution in [2.75, 3.05) is 13.7 Å². The van der Waals surface area contributed by atoms with Gasteiger partial charge < -0.3 is 19.9 Å². The Kier molecular flexibility index (Phi) is 2.96. The average molecular weight is 223 g/mol. The average Bonchev–Trinajstić information content (AvgIpc) is 2.70. The second-order valence-corrected chi connectivity index (χ2v) is 3.50.